The van der Waals surface area contributed by atoms with Gasteiger partial charge in [-0.2, -0.15) is 5.10 Å². The molecule has 0 aliphatic carbocycles. The van der Waals surface area contributed by atoms with Crippen molar-refractivity contribution in [3.63, 3.8) is 0 Å². The van der Waals surface area contributed by atoms with E-state index in [-0.39, 0.29) is 11.7 Å². The number of phenols is 1. The number of hydrogen-bond acceptors (Lipinski definition) is 4. The fourth-order valence-electron chi connectivity index (χ4n) is 4.52. The van der Waals surface area contributed by atoms with Crippen LogP contribution in [0.1, 0.15) is 44.3 Å². The molecule has 1 atom stereocenters. The maximum atomic E-state index is 13.5. The molecule has 160 valence electrons. The van der Waals surface area contributed by atoms with E-state index < -0.39 is 6.04 Å². The molecule has 0 spiro atoms. The number of nitrogens with one attached hydrogen (secondary N) is 1. The fourth-order valence-corrected chi connectivity index (χ4v) is 4.71. The van der Waals surface area contributed by atoms with E-state index >= 15 is 0 Å². The quantitative estimate of drug-likeness (QED) is 0.453. The second-order valence-electron chi connectivity index (χ2n) is 8.09. The summed E-state index contributed by atoms with van der Waals surface area (Å²) < 4.78 is 0. The summed E-state index contributed by atoms with van der Waals surface area (Å²) in [6, 6.07) is 14.6. The van der Waals surface area contributed by atoms with E-state index in [1.165, 1.54) is 0 Å². The van der Waals surface area contributed by atoms with Crippen molar-refractivity contribution in [2.75, 3.05) is 0 Å². The molecule has 32 heavy (non-hydrogen) atoms. The fraction of sp³-hybridized carbons (Fsp3) is 0.160. The number of carbonyl (C=O) groups excluding carboxylic acids is 1. The molecular weight excluding hydrogens is 424 g/mol. The van der Waals surface area contributed by atoms with Crippen molar-refractivity contribution in [3.8, 4) is 17.0 Å². The van der Waals surface area contributed by atoms with Gasteiger partial charge in [0.15, 0.2) is 0 Å². The van der Waals surface area contributed by atoms with Gasteiger partial charge in [0.1, 0.15) is 17.1 Å². The number of phenolic OH excluding ortho intramolecular Hbond substituents is 1. The highest BCUT2D eigenvalue weighted by Gasteiger charge is 2.42. The number of aromatic nitrogens is 3. The SMILES string of the molecule is Cc1cc(C)c(-c2n[nH]c3c2C(c2cccc(Cl)c2)N(Cc2cccnc2)C3=O)c(O)c1. The van der Waals surface area contributed by atoms with Crippen LogP contribution in [0, 0.1) is 13.8 Å². The van der Waals surface area contributed by atoms with E-state index in [2.05, 4.69) is 15.2 Å². The lowest BCUT2D eigenvalue weighted by Crippen LogP contribution is -2.29. The molecule has 4 aromatic rings. The van der Waals surface area contributed by atoms with Crippen molar-refractivity contribution in [3.05, 3.63) is 99.5 Å². The number of fused-ring (bicyclic) bond motifs is 1. The third-order valence-corrected chi connectivity index (χ3v) is 6.03. The summed E-state index contributed by atoms with van der Waals surface area (Å²) in [6.45, 7) is 4.24. The molecule has 2 aromatic heterocycles. The first-order valence-electron chi connectivity index (χ1n) is 10.3. The molecule has 6 nitrogen and oxygen atoms in total. The van der Waals surface area contributed by atoms with Crippen LogP contribution in [0.25, 0.3) is 11.3 Å². The predicted molar refractivity (Wildman–Crippen MR) is 123 cm³/mol. The van der Waals surface area contributed by atoms with Gasteiger partial charge in [-0.1, -0.05) is 35.9 Å². The van der Waals surface area contributed by atoms with Gasteiger partial charge in [0.2, 0.25) is 0 Å². The molecule has 1 amide bonds. The lowest BCUT2D eigenvalue weighted by atomic mass is 9.93. The van der Waals surface area contributed by atoms with Crippen LogP contribution in [0.4, 0.5) is 0 Å². The Bertz CT molecular complexity index is 1310. The summed E-state index contributed by atoms with van der Waals surface area (Å²) in [7, 11) is 0. The van der Waals surface area contributed by atoms with Crippen LogP contribution in [-0.2, 0) is 6.54 Å². The number of benzene rings is 2. The first kappa shape index (κ1) is 20.3. The van der Waals surface area contributed by atoms with E-state index in [1.807, 2.05) is 50.2 Å². The van der Waals surface area contributed by atoms with Gasteiger partial charge in [0.05, 0.1) is 6.04 Å². The molecule has 0 fully saturated rings. The number of aryl methyl sites for hydroxylation is 2. The van der Waals surface area contributed by atoms with E-state index in [0.717, 1.165) is 27.8 Å². The molecule has 0 radical (unpaired) electrons. The number of hydrogen-bond donors (Lipinski definition) is 2. The van der Waals surface area contributed by atoms with Crippen molar-refractivity contribution < 1.29 is 9.90 Å². The lowest BCUT2D eigenvalue weighted by molar-refractivity contribution is 0.0730. The molecule has 0 saturated carbocycles. The Kier molecular flexibility index (Phi) is 4.94. The minimum atomic E-state index is -0.412. The van der Waals surface area contributed by atoms with Crippen LogP contribution in [0.2, 0.25) is 5.02 Å². The number of carbonyl (C=O) groups is 1. The third kappa shape index (κ3) is 3.33. The second-order valence-corrected chi connectivity index (χ2v) is 8.53. The number of nitrogens with zero attached hydrogens (tertiary/aromatic N) is 3. The minimum Gasteiger partial charge on any atom is -0.507 e. The van der Waals surface area contributed by atoms with Crippen molar-refractivity contribution >= 4 is 17.5 Å². The molecule has 2 aromatic carbocycles. The van der Waals surface area contributed by atoms with E-state index in [1.54, 1.807) is 29.4 Å². The number of H-pyrrole nitrogens is 1. The highest BCUT2D eigenvalue weighted by molar-refractivity contribution is 6.30. The number of rotatable bonds is 4. The van der Waals surface area contributed by atoms with Crippen LogP contribution < -0.4 is 0 Å². The zero-order valence-corrected chi connectivity index (χ0v) is 18.4. The molecule has 3 heterocycles. The largest absolute Gasteiger partial charge is 0.507 e. The standard InChI is InChI=1S/C25H21ClN4O2/c1-14-9-15(2)20(19(31)10-14)22-21-23(29-28-22)25(32)30(13-16-5-4-8-27-12-16)24(21)17-6-3-7-18(26)11-17/h3-12,24,31H,13H2,1-2H3,(H,28,29). The molecule has 2 N–H and O–H groups in total. The second kappa shape index (κ2) is 7.80. The van der Waals surface area contributed by atoms with Gasteiger partial charge in [-0.25, -0.2) is 0 Å². The Morgan fingerprint density at radius 2 is 2.00 bits per heavy atom. The van der Waals surface area contributed by atoms with Crippen LogP contribution in [-0.4, -0.2) is 31.1 Å². The smallest absolute Gasteiger partial charge is 0.273 e. The molecule has 1 aliphatic heterocycles. The number of halogens is 1. The normalized spacial score (nSPS) is 15.3. The highest BCUT2D eigenvalue weighted by Crippen LogP contribution is 2.46. The predicted octanol–water partition coefficient (Wildman–Crippen LogP) is 5.19. The molecule has 5 rings (SSSR count). The van der Waals surface area contributed by atoms with E-state index in [4.69, 9.17) is 11.6 Å². The number of aromatic amines is 1. The Labute approximate surface area is 190 Å². The van der Waals surface area contributed by atoms with E-state index in [0.29, 0.717) is 28.5 Å². The van der Waals surface area contributed by atoms with Gasteiger partial charge < -0.3 is 10.0 Å². The van der Waals surface area contributed by atoms with Gasteiger partial charge in [-0.05, 0) is 60.4 Å². The third-order valence-electron chi connectivity index (χ3n) is 5.80. The molecule has 0 bridgehead atoms. The minimum absolute atomic E-state index is 0.139. The highest BCUT2D eigenvalue weighted by atomic mass is 35.5. The van der Waals surface area contributed by atoms with Crippen LogP contribution >= 0.6 is 11.6 Å². The van der Waals surface area contributed by atoms with Crippen LogP contribution in [0.5, 0.6) is 5.75 Å². The van der Waals surface area contributed by atoms with Gasteiger partial charge in [0, 0.05) is 35.1 Å². The number of aromatic hydroxyl groups is 1. The zero-order valence-electron chi connectivity index (χ0n) is 17.6. The van der Waals surface area contributed by atoms with E-state index in [9.17, 15) is 9.90 Å². The summed E-state index contributed by atoms with van der Waals surface area (Å²) in [5.74, 6) is -0.0170. The van der Waals surface area contributed by atoms with Crippen LogP contribution in [0.3, 0.4) is 0 Å². The maximum Gasteiger partial charge on any atom is 0.273 e. The molecule has 1 unspecified atom stereocenters. The summed E-state index contributed by atoms with van der Waals surface area (Å²) in [5.41, 5.74) is 5.99. The first-order valence-corrected chi connectivity index (χ1v) is 10.7. The van der Waals surface area contributed by atoms with Crippen LogP contribution in [0.15, 0.2) is 60.9 Å². The summed E-state index contributed by atoms with van der Waals surface area (Å²) in [5, 5.41) is 18.8. The van der Waals surface area contributed by atoms with Gasteiger partial charge in [-0.15, -0.1) is 0 Å². The molecular formula is C25H21ClN4O2. The summed E-state index contributed by atoms with van der Waals surface area (Å²) in [6.07, 6.45) is 3.46. The number of pyridine rings is 1. The molecule has 7 heteroatoms. The Morgan fingerprint density at radius 3 is 2.72 bits per heavy atom. The Hall–Kier alpha value is -3.64. The van der Waals surface area contributed by atoms with Gasteiger partial charge in [-0.3, -0.25) is 14.9 Å². The van der Waals surface area contributed by atoms with Crippen molar-refractivity contribution in [2.24, 2.45) is 0 Å². The molecule has 0 saturated heterocycles. The Morgan fingerprint density at radius 1 is 1.16 bits per heavy atom. The van der Waals surface area contributed by atoms with Gasteiger partial charge >= 0.3 is 0 Å². The number of amides is 1. The van der Waals surface area contributed by atoms with Gasteiger partial charge in [0.25, 0.3) is 5.91 Å². The topological polar surface area (TPSA) is 82.1 Å². The average Bonchev–Trinajstić information content (AvgIpc) is 3.28. The monoisotopic (exact) mass is 444 g/mol. The van der Waals surface area contributed by atoms with Crippen molar-refractivity contribution in [2.45, 2.75) is 26.4 Å². The zero-order chi connectivity index (χ0) is 22.4. The van der Waals surface area contributed by atoms with Crippen molar-refractivity contribution in [1.29, 1.82) is 0 Å². The lowest BCUT2D eigenvalue weighted by Gasteiger charge is -2.26. The average molecular weight is 445 g/mol. The summed E-state index contributed by atoms with van der Waals surface area (Å²) in [4.78, 5) is 19.4. The molecule has 1 aliphatic rings. The van der Waals surface area contributed by atoms with Crippen molar-refractivity contribution in [1.82, 2.24) is 20.1 Å². The summed E-state index contributed by atoms with van der Waals surface area (Å²) >= 11 is 6.32. The first-order chi connectivity index (χ1) is 15.4. The Balaban J connectivity index is 1.70. The maximum absolute atomic E-state index is 13.5.